The van der Waals surface area contributed by atoms with Gasteiger partial charge in [-0.1, -0.05) is 0 Å². The molecule has 2 rings (SSSR count). The summed E-state index contributed by atoms with van der Waals surface area (Å²) in [6.07, 6.45) is 3.65. The van der Waals surface area contributed by atoms with Crippen molar-refractivity contribution in [2.75, 3.05) is 13.1 Å². The third-order valence-corrected chi connectivity index (χ3v) is 3.19. The zero-order valence-electron chi connectivity index (χ0n) is 9.37. The quantitative estimate of drug-likeness (QED) is 0.757. The molecular formula is C11H20N4. The van der Waals surface area contributed by atoms with Gasteiger partial charge in [0.1, 0.15) is 0 Å². The molecule has 1 aliphatic rings. The zero-order chi connectivity index (χ0) is 10.7. The summed E-state index contributed by atoms with van der Waals surface area (Å²) in [5.74, 6) is 0.798. The van der Waals surface area contributed by atoms with E-state index in [1.165, 1.54) is 18.5 Å². The number of aromatic nitrogens is 2. The van der Waals surface area contributed by atoms with Crippen LogP contribution in [0.25, 0.3) is 0 Å². The van der Waals surface area contributed by atoms with Gasteiger partial charge >= 0.3 is 0 Å². The fourth-order valence-corrected chi connectivity index (χ4v) is 2.24. The Bertz CT molecular complexity index is 312. The van der Waals surface area contributed by atoms with Crippen LogP contribution in [0.2, 0.25) is 0 Å². The minimum atomic E-state index is 0.579. The number of aryl methyl sites for hydroxylation is 1. The van der Waals surface area contributed by atoms with Crippen molar-refractivity contribution in [3.05, 3.63) is 17.5 Å². The lowest BCUT2D eigenvalue weighted by Crippen LogP contribution is -2.28. The maximum atomic E-state index is 5.63. The van der Waals surface area contributed by atoms with Crippen molar-refractivity contribution >= 4 is 0 Å². The molecule has 1 aliphatic heterocycles. The summed E-state index contributed by atoms with van der Waals surface area (Å²) < 4.78 is 1.90. The van der Waals surface area contributed by atoms with Gasteiger partial charge in [0.05, 0.1) is 11.4 Å². The Balaban J connectivity index is 1.97. The first-order chi connectivity index (χ1) is 7.29. The zero-order valence-corrected chi connectivity index (χ0v) is 9.37. The molecule has 2 heterocycles. The molecule has 1 aromatic rings. The SMILES string of the molecule is Cn1nc(CC2CCNCC2)cc1CN. The molecule has 1 saturated heterocycles. The molecule has 0 amide bonds. The first-order valence-corrected chi connectivity index (χ1v) is 5.72. The number of piperidine rings is 1. The Hall–Kier alpha value is -0.870. The maximum Gasteiger partial charge on any atom is 0.0630 e. The molecule has 0 atom stereocenters. The smallest absolute Gasteiger partial charge is 0.0630 e. The normalized spacial score (nSPS) is 18.3. The average molecular weight is 208 g/mol. The molecule has 1 aromatic heterocycles. The predicted octanol–water partition coefficient (Wildman–Crippen LogP) is 0.421. The highest BCUT2D eigenvalue weighted by Gasteiger charge is 2.15. The van der Waals surface area contributed by atoms with Crippen molar-refractivity contribution in [2.24, 2.45) is 18.7 Å². The second-order valence-electron chi connectivity index (χ2n) is 4.35. The van der Waals surface area contributed by atoms with E-state index in [4.69, 9.17) is 5.73 Å². The van der Waals surface area contributed by atoms with Gasteiger partial charge in [-0.25, -0.2) is 0 Å². The van der Waals surface area contributed by atoms with Crippen molar-refractivity contribution < 1.29 is 0 Å². The van der Waals surface area contributed by atoms with Crippen LogP contribution in [0.5, 0.6) is 0 Å². The highest BCUT2D eigenvalue weighted by atomic mass is 15.3. The molecule has 15 heavy (non-hydrogen) atoms. The third-order valence-electron chi connectivity index (χ3n) is 3.19. The van der Waals surface area contributed by atoms with Crippen LogP contribution >= 0.6 is 0 Å². The van der Waals surface area contributed by atoms with E-state index in [9.17, 15) is 0 Å². The predicted molar refractivity (Wildman–Crippen MR) is 60.4 cm³/mol. The van der Waals surface area contributed by atoms with Crippen molar-refractivity contribution in [3.8, 4) is 0 Å². The van der Waals surface area contributed by atoms with Crippen LogP contribution in [-0.4, -0.2) is 22.9 Å². The average Bonchev–Trinajstić information content (AvgIpc) is 2.60. The van der Waals surface area contributed by atoms with Gasteiger partial charge in [-0.3, -0.25) is 4.68 Å². The lowest BCUT2D eigenvalue weighted by molar-refractivity contribution is 0.369. The minimum Gasteiger partial charge on any atom is -0.325 e. The lowest BCUT2D eigenvalue weighted by Gasteiger charge is -2.21. The van der Waals surface area contributed by atoms with Crippen molar-refractivity contribution in [2.45, 2.75) is 25.8 Å². The summed E-state index contributed by atoms with van der Waals surface area (Å²) in [5, 5.41) is 7.87. The summed E-state index contributed by atoms with van der Waals surface area (Å²) in [5.41, 5.74) is 7.95. The van der Waals surface area contributed by atoms with Gasteiger partial charge in [-0.05, 0) is 44.3 Å². The van der Waals surface area contributed by atoms with Crippen LogP contribution in [0.3, 0.4) is 0 Å². The van der Waals surface area contributed by atoms with Crippen LogP contribution in [0, 0.1) is 5.92 Å². The Labute approximate surface area is 90.8 Å². The van der Waals surface area contributed by atoms with E-state index >= 15 is 0 Å². The molecule has 0 radical (unpaired) electrons. The number of hydrogen-bond acceptors (Lipinski definition) is 3. The molecule has 0 aliphatic carbocycles. The fraction of sp³-hybridized carbons (Fsp3) is 0.727. The van der Waals surface area contributed by atoms with Gasteiger partial charge in [-0.15, -0.1) is 0 Å². The van der Waals surface area contributed by atoms with E-state index in [0.29, 0.717) is 6.54 Å². The summed E-state index contributed by atoms with van der Waals surface area (Å²) in [6.45, 7) is 2.89. The van der Waals surface area contributed by atoms with Crippen LogP contribution < -0.4 is 11.1 Å². The van der Waals surface area contributed by atoms with Crippen molar-refractivity contribution in [1.82, 2.24) is 15.1 Å². The minimum absolute atomic E-state index is 0.579. The Kier molecular flexibility index (Phi) is 3.38. The van der Waals surface area contributed by atoms with Gasteiger partial charge in [0.25, 0.3) is 0 Å². The number of nitrogens with two attached hydrogens (primary N) is 1. The Morgan fingerprint density at radius 3 is 2.87 bits per heavy atom. The summed E-state index contributed by atoms with van der Waals surface area (Å²) in [4.78, 5) is 0. The van der Waals surface area contributed by atoms with E-state index in [2.05, 4.69) is 16.5 Å². The summed E-state index contributed by atoms with van der Waals surface area (Å²) in [7, 11) is 1.97. The van der Waals surface area contributed by atoms with Crippen molar-refractivity contribution in [3.63, 3.8) is 0 Å². The number of hydrogen-bond donors (Lipinski definition) is 2. The first kappa shape index (κ1) is 10.6. The van der Waals surface area contributed by atoms with Gasteiger partial charge < -0.3 is 11.1 Å². The molecule has 4 heteroatoms. The van der Waals surface area contributed by atoms with Gasteiger partial charge in [0, 0.05) is 13.6 Å². The van der Waals surface area contributed by atoms with E-state index in [0.717, 1.165) is 31.1 Å². The fourth-order valence-electron chi connectivity index (χ4n) is 2.24. The largest absolute Gasteiger partial charge is 0.325 e. The maximum absolute atomic E-state index is 5.63. The van der Waals surface area contributed by atoms with Crippen molar-refractivity contribution in [1.29, 1.82) is 0 Å². The monoisotopic (exact) mass is 208 g/mol. The van der Waals surface area contributed by atoms with Crippen LogP contribution in [0.4, 0.5) is 0 Å². The molecule has 0 spiro atoms. The highest BCUT2D eigenvalue weighted by Crippen LogP contribution is 2.17. The van der Waals surface area contributed by atoms with Crippen LogP contribution in [0.1, 0.15) is 24.2 Å². The standard InChI is InChI=1S/C11H20N4/c1-15-11(8-12)7-10(14-15)6-9-2-4-13-5-3-9/h7,9,13H,2-6,8,12H2,1H3. The van der Waals surface area contributed by atoms with E-state index in [-0.39, 0.29) is 0 Å². The molecular weight excluding hydrogens is 188 g/mol. The molecule has 84 valence electrons. The van der Waals surface area contributed by atoms with Crippen LogP contribution in [-0.2, 0) is 20.0 Å². The number of nitrogens with zero attached hydrogens (tertiary/aromatic N) is 2. The first-order valence-electron chi connectivity index (χ1n) is 5.72. The number of rotatable bonds is 3. The second-order valence-corrected chi connectivity index (χ2v) is 4.35. The number of nitrogens with one attached hydrogen (secondary N) is 1. The van der Waals surface area contributed by atoms with E-state index < -0.39 is 0 Å². The molecule has 0 aromatic carbocycles. The summed E-state index contributed by atoms with van der Waals surface area (Å²) in [6, 6.07) is 2.14. The van der Waals surface area contributed by atoms with E-state index in [1.807, 2.05) is 11.7 Å². The molecule has 3 N–H and O–H groups in total. The molecule has 0 saturated carbocycles. The lowest BCUT2D eigenvalue weighted by atomic mass is 9.93. The molecule has 0 unspecified atom stereocenters. The molecule has 0 bridgehead atoms. The van der Waals surface area contributed by atoms with Gasteiger partial charge in [0.2, 0.25) is 0 Å². The molecule has 4 nitrogen and oxygen atoms in total. The van der Waals surface area contributed by atoms with Gasteiger partial charge in [-0.2, -0.15) is 5.10 Å². The van der Waals surface area contributed by atoms with E-state index in [1.54, 1.807) is 0 Å². The van der Waals surface area contributed by atoms with Crippen LogP contribution in [0.15, 0.2) is 6.07 Å². The Morgan fingerprint density at radius 2 is 2.27 bits per heavy atom. The second kappa shape index (κ2) is 4.77. The van der Waals surface area contributed by atoms with Gasteiger partial charge in [0.15, 0.2) is 0 Å². The summed E-state index contributed by atoms with van der Waals surface area (Å²) >= 11 is 0. The topological polar surface area (TPSA) is 55.9 Å². The highest BCUT2D eigenvalue weighted by molar-refractivity contribution is 5.10. The molecule has 1 fully saturated rings. The Morgan fingerprint density at radius 1 is 1.53 bits per heavy atom. The third kappa shape index (κ3) is 2.58.